The van der Waals surface area contributed by atoms with Crippen molar-refractivity contribution in [3.05, 3.63) is 139 Å². The normalized spacial score (nSPS) is 10.9. The van der Waals surface area contributed by atoms with Crippen LogP contribution in [0.25, 0.3) is 44.3 Å². The summed E-state index contributed by atoms with van der Waals surface area (Å²) in [6, 6.07) is 22.8. The second-order valence-electron chi connectivity index (χ2n) is 15.4. The molecule has 0 atom stereocenters. The van der Waals surface area contributed by atoms with Crippen LogP contribution in [0.1, 0.15) is 66.3 Å². The van der Waals surface area contributed by atoms with Gasteiger partial charge in [0.1, 0.15) is 5.82 Å². The maximum Gasteiger partial charge on any atom is 0.253 e. The SMILES string of the molecule is CC(C)n1cc(-c2ccnc(Nc3ccc(C(=O)N(C)C)cc3)n2)c2ccncc21.CN(C)C(=O)c1ccc(N)cc1.Cc1nccc(-c2cn(C(C)C)c3cnccc23)n1. The van der Waals surface area contributed by atoms with E-state index in [9.17, 15) is 9.59 Å². The summed E-state index contributed by atoms with van der Waals surface area (Å²) in [5, 5.41) is 5.51. The zero-order valence-corrected chi connectivity index (χ0v) is 36.1. The van der Waals surface area contributed by atoms with E-state index in [0.717, 1.165) is 50.4 Å². The number of aryl methyl sites for hydroxylation is 1. The lowest BCUT2D eigenvalue weighted by atomic mass is 10.1. The molecule has 0 spiro atoms. The number of nitrogens with one attached hydrogen (secondary N) is 1. The second-order valence-corrected chi connectivity index (χ2v) is 15.4. The number of hydrogen-bond acceptors (Lipinski definition) is 10. The molecule has 6 aromatic heterocycles. The lowest BCUT2D eigenvalue weighted by Gasteiger charge is -2.11. The van der Waals surface area contributed by atoms with Gasteiger partial charge in [-0.25, -0.2) is 19.9 Å². The number of pyridine rings is 2. The Morgan fingerprint density at radius 2 is 1.07 bits per heavy atom. The molecule has 14 heteroatoms. The molecule has 0 bridgehead atoms. The molecule has 0 saturated heterocycles. The van der Waals surface area contributed by atoms with E-state index in [0.29, 0.717) is 34.8 Å². The van der Waals surface area contributed by atoms with Gasteiger partial charge in [0.2, 0.25) is 5.95 Å². The molecule has 0 radical (unpaired) electrons. The van der Waals surface area contributed by atoms with Gasteiger partial charge in [-0.2, -0.15) is 0 Å². The van der Waals surface area contributed by atoms with Gasteiger partial charge < -0.3 is 30.0 Å². The molecule has 8 rings (SSSR count). The van der Waals surface area contributed by atoms with Crippen LogP contribution in [0.3, 0.4) is 0 Å². The third-order valence-corrected chi connectivity index (χ3v) is 9.73. The number of nitrogen functional groups attached to an aromatic ring is 1. The van der Waals surface area contributed by atoms with E-state index in [1.54, 1.807) is 88.1 Å². The van der Waals surface area contributed by atoms with Crippen LogP contribution in [0.4, 0.5) is 17.3 Å². The number of rotatable bonds is 8. The first kappa shape index (κ1) is 43.1. The fourth-order valence-electron chi connectivity index (χ4n) is 6.60. The summed E-state index contributed by atoms with van der Waals surface area (Å²) in [6.45, 7) is 10.5. The third kappa shape index (κ3) is 10.2. The van der Waals surface area contributed by atoms with Crippen molar-refractivity contribution in [3.8, 4) is 22.5 Å². The number of amides is 2. The van der Waals surface area contributed by atoms with E-state index in [4.69, 9.17) is 10.7 Å². The molecule has 0 unspecified atom stereocenters. The van der Waals surface area contributed by atoms with Crippen molar-refractivity contribution in [2.45, 2.75) is 46.7 Å². The van der Waals surface area contributed by atoms with E-state index in [1.165, 1.54) is 10.3 Å². The topological polar surface area (TPSA) is 166 Å². The standard InChI is InChI=1S/C23H24N6O.C15H16N4.C9H12N2O/c1-15(2)29-14-19(18-9-11-24-13-21(18)29)20-10-12-25-23(27-20)26-17-7-5-16(6-8-17)22(30)28(3)4;1-10(2)19-9-13(12-4-6-16-8-15(12)19)14-5-7-17-11(3)18-14;1-11(2)9(12)7-3-5-8(10)6-4-7/h5-15H,1-4H3,(H,25,26,27);4-10H,1-3H3;3-6H,10H2,1-2H3. The Balaban J connectivity index is 0.000000171. The van der Waals surface area contributed by atoms with Gasteiger partial charge in [-0.15, -0.1) is 0 Å². The molecule has 2 aromatic carbocycles. The van der Waals surface area contributed by atoms with Crippen molar-refractivity contribution < 1.29 is 9.59 Å². The molecule has 2 amide bonds. The summed E-state index contributed by atoms with van der Waals surface area (Å²) in [4.78, 5) is 52.7. The molecule has 312 valence electrons. The molecule has 0 aliphatic heterocycles. The van der Waals surface area contributed by atoms with Crippen LogP contribution in [0, 0.1) is 6.92 Å². The third-order valence-electron chi connectivity index (χ3n) is 9.73. The monoisotopic (exact) mass is 816 g/mol. The molecule has 0 saturated carbocycles. The number of aromatic nitrogens is 8. The molecule has 3 N–H and O–H groups in total. The average molecular weight is 817 g/mol. The Kier molecular flexibility index (Phi) is 13.5. The number of nitrogens with zero attached hydrogens (tertiary/aromatic N) is 10. The maximum atomic E-state index is 12.0. The molecular weight excluding hydrogens is 765 g/mol. The Morgan fingerprint density at radius 3 is 1.52 bits per heavy atom. The number of hydrogen-bond donors (Lipinski definition) is 2. The minimum atomic E-state index is -0.0316. The molecule has 61 heavy (non-hydrogen) atoms. The van der Waals surface area contributed by atoms with Crippen LogP contribution in [-0.2, 0) is 0 Å². The fourth-order valence-corrected chi connectivity index (χ4v) is 6.60. The highest BCUT2D eigenvalue weighted by molar-refractivity contribution is 5.96. The minimum Gasteiger partial charge on any atom is -0.399 e. The number of carbonyl (C=O) groups is 2. The van der Waals surface area contributed by atoms with Crippen LogP contribution in [0.2, 0.25) is 0 Å². The summed E-state index contributed by atoms with van der Waals surface area (Å²) >= 11 is 0. The zero-order valence-electron chi connectivity index (χ0n) is 36.1. The van der Waals surface area contributed by atoms with Gasteiger partial charge in [0.05, 0.1) is 34.8 Å². The number of nitrogens with two attached hydrogens (primary N) is 1. The largest absolute Gasteiger partial charge is 0.399 e. The van der Waals surface area contributed by atoms with E-state index in [2.05, 4.69) is 79.5 Å². The lowest BCUT2D eigenvalue weighted by Crippen LogP contribution is -2.21. The first-order valence-corrected chi connectivity index (χ1v) is 19.9. The van der Waals surface area contributed by atoms with Crippen molar-refractivity contribution in [2.24, 2.45) is 0 Å². The number of fused-ring (bicyclic) bond motifs is 2. The highest BCUT2D eigenvalue weighted by Crippen LogP contribution is 2.32. The predicted molar refractivity (Wildman–Crippen MR) is 244 cm³/mol. The van der Waals surface area contributed by atoms with Crippen molar-refractivity contribution in [1.82, 2.24) is 48.8 Å². The van der Waals surface area contributed by atoms with Crippen LogP contribution in [0.5, 0.6) is 0 Å². The van der Waals surface area contributed by atoms with Crippen molar-refractivity contribution in [3.63, 3.8) is 0 Å². The maximum absolute atomic E-state index is 12.0. The lowest BCUT2D eigenvalue weighted by molar-refractivity contribution is 0.0820. The molecule has 0 aliphatic rings. The number of benzene rings is 2. The summed E-state index contributed by atoms with van der Waals surface area (Å²) in [5.41, 5.74) is 14.5. The second kappa shape index (κ2) is 19.1. The quantitative estimate of drug-likeness (QED) is 0.142. The van der Waals surface area contributed by atoms with E-state index < -0.39 is 0 Å². The van der Waals surface area contributed by atoms with Gasteiger partial charge in [0, 0.05) is 122 Å². The van der Waals surface area contributed by atoms with Gasteiger partial charge in [-0.05, 0) is 107 Å². The number of anilines is 3. The molecule has 6 heterocycles. The number of carbonyl (C=O) groups excluding carboxylic acids is 2. The molecular formula is C47H52N12O2. The van der Waals surface area contributed by atoms with Gasteiger partial charge in [-0.3, -0.25) is 19.6 Å². The van der Waals surface area contributed by atoms with Gasteiger partial charge in [0.15, 0.2) is 0 Å². The van der Waals surface area contributed by atoms with Crippen LogP contribution in [-0.4, -0.2) is 88.8 Å². The molecule has 0 aliphatic carbocycles. The summed E-state index contributed by atoms with van der Waals surface area (Å²) in [6.07, 6.45) is 15.2. The van der Waals surface area contributed by atoms with Crippen molar-refractivity contribution in [2.75, 3.05) is 39.2 Å². The van der Waals surface area contributed by atoms with Crippen LogP contribution >= 0.6 is 0 Å². The Labute approximate surface area is 356 Å². The highest BCUT2D eigenvalue weighted by atomic mass is 16.2. The summed E-state index contributed by atoms with van der Waals surface area (Å²) in [7, 11) is 6.91. The average Bonchev–Trinajstić information content (AvgIpc) is 3.85. The highest BCUT2D eigenvalue weighted by Gasteiger charge is 2.16. The first-order chi connectivity index (χ1) is 29.2. The zero-order chi connectivity index (χ0) is 43.8. The van der Waals surface area contributed by atoms with Gasteiger partial charge in [-0.1, -0.05) is 0 Å². The van der Waals surface area contributed by atoms with Crippen molar-refractivity contribution in [1.29, 1.82) is 0 Å². The fraction of sp³-hybridized carbons (Fsp3) is 0.234. The van der Waals surface area contributed by atoms with E-state index in [-0.39, 0.29) is 11.8 Å². The Bertz CT molecular complexity index is 2750. The molecule has 14 nitrogen and oxygen atoms in total. The smallest absolute Gasteiger partial charge is 0.253 e. The van der Waals surface area contributed by atoms with Gasteiger partial charge in [0.25, 0.3) is 11.8 Å². The van der Waals surface area contributed by atoms with Crippen LogP contribution in [0.15, 0.2) is 122 Å². The first-order valence-electron chi connectivity index (χ1n) is 19.9. The van der Waals surface area contributed by atoms with E-state index >= 15 is 0 Å². The summed E-state index contributed by atoms with van der Waals surface area (Å²) in [5.74, 6) is 1.25. The molecule has 0 fully saturated rings. The van der Waals surface area contributed by atoms with Crippen molar-refractivity contribution >= 4 is 50.9 Å². The molecule has 8 aromatic rings. The Morgan fingerprint density at radius 1 is 0.607 bits per heavy atom. The van der Waals surface area contributed by atoms with Crippen LogP contribution < -0.4 is 11.1 Å². The Hall–Kier alpha value is -7.48. The van der Waals surface area contributed by atoms with E-state index in [1.807, 2.05) is 61.9 Å². The predicted octanol–water partition coefficient (Wildman–Crippen LogP) is 8.87. The van der Waals surface area contributed by atoms with Gasteiger partial charge >= 0.3 is 0 Å². The minimum absolute atomic E-state index is 0.00463. The summed E-state index contributed by atoms with van der Waals surface area (Å²) < 4.78 is 4.43.